The minimum atomic E-state index is -0.306. The molecule has 0 spiro atoms. The molecule has 39 heavy (non-hydrogen) atoms. The number of nitrogens with zero attached hydrogens (tertiary/aromatic N) is 2. The van der Waals surface area contributed by atoms with Crippen molar-refractivity contribution in [3.05, 3.63) is 130 Å². The second-order valence-electron chi connectivity index (χ2n) is 8.76. The van der Waals surface area contributed by atoms with E-state index in [0.29, 0.717) is 22.9 Å². The molecule has 0 atom stereocenters. The molecule has 0 unspecified atom stereocenters. The maximum Gasteiger partial charge on any atom is 0.271 e. The summed E-state index contributed by atoms with van der Waals surface area (Å²) in [7, 11) is 0. The SMILES string of the molecule is Cc1cccc(COc2ccccc2/C=N\NC(=O)c2ccc(-c3csc(Nc4ccc(Cl)cc4)n3)cc2)c1. The van der Waals surface area contributed by atoms with Gasteiger partial charge in [-0.25, -0.2) is 10.4 Å². The Morgan fingerprint density at radius 1 is 1.00 bits per heavy atom. The van der Waals surface area contributed by atoms with E-state index in [-0.39, 0.29) is 5.91 Å². The average molecular weight is 553 g/mol. The van der Waals surface area contributed by atoms with Gasteiger partial charge in [0.25, 0.3) is 5.91 Å². The summed E-state index contributed by atoms with van der Waals surface area (Å²) < 4.78 is 6.00. The van der Waals surface area contributed by atoms with Gasteiger partial charge in [0.15, 0.2) is 5.13 Å². The number of thiazole rings is 1. The van der Waals surface area contributed by atoms with Crippen molar-refractivity contribution < 1.29 is 9.53 Å². The number of rotatable bonds is 9. The standard InChI is InChI=1S/C31H25ClN4O2S/c1-21-5-4-6-22(17-21)19-38-29-8-3-2-7-25(29)18-33-36-30(37)24-11-9-23(10-12-24)28-20-39-31(35-28)34-27-15-13-26(32)14-16-27/h2-18,20H,19H2,1H3,(H,34,35)(H,36,37)/b33-18-. The predicted molar refractivity (Wildman–Crippen MR) is 159 cm³/mol. The first-order chi connectivity index (χ1) is 19.0. The fraction of sp³-hybridized carbons (Fsp3) is 0.0645. The summed E-state index contributed by atoms with van der Waals surface area (Å²) >= 11 is 7.45. The first-order valence-electron chi connectivity index (χ1n) is 12.2. The largest absolute Gasteiger partial charge is 0.488 e. The summed E-state index contributed by atoms with van der Waals surface area (Å²) in [5.74, 6) is 0.383. The van der Waals surface area contributed by atoms with Crippen LogP contribution in [0.4, 0.5) is 10.8 Å². The van der Waals surface area contributed by atoms with Crippen LogP contribution in [0.2, 0.25) is 5.02 Å². The van der Waals surface area contributed by atoms with E-state index in [9.17, 15) is 4.79 Å². The highest BCUT2D eigenvalue weighted by atomic mass is 35.5. The molecule has 0 fully saturated rings. The molecule has 194 valence electrons. The van der Waals surface area contributed by atoms with E-state index in [2.05, 4.69) is 39.9 Å². The number of carbonyl (C=O) groups is 1. The molecular weight excluding hydrogens is 528 g/mol. The highest BCUT2D eigenvalue weighted by Gasteiger charge is 2.09. The fourth-order valence-corrected chi connectivity index (χ4v) is 4.69. The molecule has 2 N–H and O–H groups in total. The number of aryl methyl sites for hydroxylation is 1. The molecule has 0 aliphatic rings. The number of anilines is 2. The number of ether oxygens (including phenoxy) is 1. The normalized spacial score (nSPS) is 10.9. The summed E-state index contributed by atoms with van der Waals surface area (Å²) in [6.45, 7) is 2.50. The van der Waals surface area contributed by atoms with Crippen LogP contribution in [0.15, 0.2) is 108 Å². The molecule has 8 heteroatoms. The van der Waals surface area contributed by atoms with Crippen molar-refractivity contribution >= 4 is 45.9 Å². The number of carbonyl (C=O) groups excluding carboxylic acids is 1. The van der Waals surface area contributed by atoms with Crippen LogP contribution in [-0.4, -0.2) is 17.1 Å². The van der Waals surface area contributed by atoms with Crippen molar-refractivity contribution in [2.45, 2.75) is 13.5 Å². The molecule has 0 aliphatic heterocycles. The number of hydrazone groups is 1. The van der Waals surface area contributed by atoms with Gasteiger partial charge in [-0.05, 0) is 61.0 Å². The lowest BCUT2D eigenvalue weighted by Gasteiger charge is -2.09. The summed E-state index contributed by atoms with van der Waals surface area (Å²) in [6, 6.07) is 30.5. The zero-order chi connectivity index (χ0) is 27.0. The Morgan fingerprint density at radius 3 is 2.59 bits per heavy atom. The van der Waals surface area contributed by atoms with Crippen molar-refractivity contribution in [3.63, 3.8) is 0 Å². The minimum Gasteiger partial charge on any atom is -0.488 e. The lowest BCUT2D eigenvalue weighted by molar-refractivity contribution is 0.0955. The van der Waals surface area contributed by atoms with Crippen molar-refractivity contribution in [2.24, 2.45) is 5.10 Å². The van der Waals surface area contributed by atoms with Gasteiger partial charge in [-0.15, -0.1) is 11.3 Å². The topological polar surface area (TPSA) is 75.6 Å². The van der Waals surface area contributed by atoms with Crippen LogP contribution in [0.25, 0.3) is 11.3 Å². The van der Waals surface area contributed by atoms with E-state index < -0.39 is 0 Å². The molecular formula is C31H25ClN4O2S. The van der Waals surface area contributed by atoms with Crippen LogP contribution in [0.3, 0.4) is 0 Å². The lowest BCUT2D eigenvalue weighted by Crippen LogP contribution is -2.17. The smallest absolute Gasteiger partial charge is 0.271 e. The van der Waals surface area contributed by atoms with Crippen LogP contribution in [0.5, 0.6) is 5.75 Å². The number of amides is 1. The number of benzene rings is 4. The molecule has 0 aliphatic carbocycles. The number of hydrogen-bond donors (Lipinski definition) is 2. The van der Waals surface area contributed by atoms with Gasteiger partial charge < -0.3 is 10.1 Å². The first kappa shape index (κ1) is 26.2. The van der Waals surface area contributed by atoms with Gasteiger partial charge in [-0.1, -0.05) is 65.7 Å². The van der Waals surface area contributed by atoms with E-state index in [0.717, 1.165) is 33.2 Å². The lowest BCUT2D eigenvalue weighted by atomic mass is 10.1. The van der Waals surface area contributed by atoms with Crippen LogP contribution in [0.1, 0.15) is 27.0 Å². The molecule has 5 aromatic rings. The molecule has 1 aromatic heterocycles. The van der Waals surface area contributed by atoms with Gasteiger partial charge in [0, 0.05) is 32.8 Å². The van der Waals surface area contributed by atoms with Crippen molar-refractivity contribution in [1.29, 1.82) is 0 Å². The quantitative estimate of drug-likeness (QED) is 0.144. The van der Waals surface area contributed by atoms with E-state index in [1.54, 1.807) is 18.3 Å². The molecule has 0 saturated heterocycles. The van der Waals surface area contributed by atoms with Gasteiger partial charge in [0.2, 0.25) is 0 Å². The Bertz CT molecular complexity index is 1600. The second kappa shape index (κ2) is 12.4. The zero-order valence-corrected chi connectivity index (χ0v) is 22.7. The summed E-state index contributed by atoms with van der Waals surface area (Å²) in [5, 5.41) is 10.8. The number of para-hydroxylation sites is 1. The number of hydrogen-bond acceptors (Lipinski definition) is 6. The molecule has 0 bridgehead atoms. The number of aromatic nitrogens is 1. The van der Waals surface area contributed by atoms with Crippen LogP contribution < -0.4 is 15.5 Å². The molecule has 0 radical (unpaired) electrons. The third-order valence-electron chi connectivity index (χ3n) is 5.81. The minimum absolute atomic E-state index is 0.306. The predicted octanol–water partition coefficient (Wildman–Crippen LogP) is 7.86. The molecule has 0 saturated carbocycles. The number of nitrogens with one attached hydrogen (secondary N) is 2. The van der Waals surface area contributed by atoms with Crippen molar-refractivity contribution in [1.82, 2.24) is 10.4 Å². The Morgan fingerprint density at radius 2 is 1.79 bits per heavy atom. The van der Waals surface area contributed by atoms with E-state index in [1.807, 2.05) is 78.2 Å². The van der Waals surface area contributed by atoms with Crippen LogP contribution in [-0.2, 0) is 6.61 Å². The molecule has 4 aromatic carbocycles. The van der Waals surface area contributed by atoms with Crippen molar-refractivity contribution in [3.8, 4) is 17.0 Å². The van der Waals surface area contributed by atoms with E-state index in [4.69, 9.17) is 16.3 Å². The number of halogens is 1. The van der Waals surface area contributed by atoms with Gasteiger partial charge in [0.05, 0.1) is 11.9 Å². The van der Waals surface area contributed by atoms with E-state index in [1.165, 1.54) is 16.9 Å². The Hall–Kier alpha value is -4.46. The molecule has 6 nitrogen and oxygen atoms in total. The van der Waals surface area contributed by atoms with Gasteiger partial charge >= 0.3 is 0 Å². The van der Waals surface area contributed by atoms with Gasteiger partial charge in [-0.2, -0.15) is 5.10 Å². The summed E-state index contributed by atoms with van der Waals surface area (Å²) in [5.41, 5.74) is 8.78. The average Bonchev–Trinajstić information content (AvgIpc) is 3.42. The maximum absolute atomic E-state index is 12.7. The van der Waals surface area contributed by atoms with Crippen LogP contribution >= 0.6 is 22.9 Å². The highest BCUT2D eigenvalue weighted by Crippen LogP contribution is 2.28. The van der Waals surface area contributed by atoms with Gasteiger partial charge in [-0.3, -0.25) is 4.79 Å². The molecule has 5 rings (SSSR count). The Balaban J connectivity index is 1.18. The molecule has 1 heterocycles. The fourth-order valence-electron chi connectivity index (χ4n) is 3.82. The summed E-state index contributed by atoms with van der Waals surface area (Å²) in [6.07, 6.45) is 1.59. The Kier molecular flexibility index (Phi) is 8.31. The summed E-state index contributed by atoms with van der Waals surface area (Å²) in [4.78, 5) is 17.3. The first-order valence-corrected chi connectivity index (χ1v) is 13.5. The van der Waals surface area contributed by atoms with Gasteiger partial charge in [0.1, 0.15) is 12.4 Å². The zero-order valence-electron chi connectivity index (χ0n) is 21.1. The van der Waals surface area contributed by atoms with Crippen LogP contribution in [0, 0.1) is 6.92 Å². The highest BCUT2D eigenvalue weighted by molar-refractivity contribution is 7.14. The third kappa shape index (κ3) is 7.10. The van der Waals surface area contributed by atoms with Crippen molar-refractivity contribution in [2.75, 3.05) is 5.32 Å². The monoisotopic (exact) mass is 552 g/mol. The third-order valence-corrected chi connectivity index (χ3v) is 6.82. The Labute approximate surface area is 236 Å². The van der Waals surface area contributed by atoms with E-state index >= 15 is 0 Å². The molecule has 1 amide bonds. The second-order valence-corrected chi connectivity index (χ2v) is 10.1. The maximum atomic E-state index is 12.7.